The van der Waals surface area contributed by atoms with E-state index in [2.05, 4.69) is 10.6 Å². The summed E-state index contributed by atoms with van der Waals surface area (Å²) in [6, 6.07) is 29.8. The number of hydrogen-bond acceptors (Lipinski definition) is 3. The van der Waals surface area contributed by atoms with Crippen LogP contribution in [0.4, 0.5) is 11.4 Å². The molecule has 5 nitrogen and oxygen atoms in total. The molecule has 1 unspecified atom stereocenters. The first kappa shape index (κ1) is 23.9. The van der Waals surface area contributed by atoms with Crippen LogP contribution in [-0.2, 0) is 4.79 Å². The highest BCUT2D eigenvalue weighted by atomic mass is 35.5. The molecule has 0 saturated carbocycles. The molecular formula is C29H23ClN2O3. The molecule has 4 aromatic carbocycles. The van der Waals surface area contributed by atoms with Gasteiger partial charge in [-0.25, -0.2) is 0 Å². The van der Waals surface area contributed by atoms with E-state index in [4.69, 9.17) is 11.6 Å². The van der Waals surface area contributed by atoms with Gasteiger partial charge in [-0.05, 0) is 48.9 Å². The summed E-state index contributed by atoms with van der Waals surface area (Å²) in [5.41, 5.74) is 3.14. The fourth-order valence-electron chi connectivity index (χ4n) is 3.58. The van der Waals surface area contributed by atoms with Crippen molar-refractivity contribution in [3.63, 3.8) is 0 Å². The van der Waals surface area contributed by atoms with E-state index in [0.29, 0.717) is 38.7 Å². The maximum Gasteiger partial charge on any atom is 0.255 e. The van der Waals surface area contributed by atoms with Crippen molar-refractivity contribution in [1.82, 2.24) is 0 Å². The van der Waals surface area contributed by atoms with E-state index in [1.165, 1.54) is 0 Å². The Bertz CT molecular complexity index is 1370. The number of halogens is 1. The van der Waals surface area contributed by atoms with Crippen LogP contribution in [-0.4, -0.2) is 17.6 Å². The third-order valence-electron chi connectivity index (χ3n) is 5.60. The number of carbonyl (C=O) groups excluding carboxylic acids is 3. The number of para-hydroxylation sites is 1. The van der Waals surface area contributed by atoms with E-state index < -0.39 is 5.92 Å². The number of nitrogens with one attached hydrogen (secondary N) is 2. The summed E-state index contributed by atoms with van der Waals surface area (Å²) in [5.74, 6) is -1.29. The maximum atomic E-state index is 13.0. The molecule has 0 aromatic heterocycles. The lowest BCUT2D eigenvalue weighted by molar-refractivity contribution is -0.117. The van der Waals surface area contributed by atoms with Gasteiger partial charge in [0.05, 0.1) is 16.6 Å². The van der Waals surface area contributed by atoms with E-state index in [1.807, 2.05) is 36.4 Å². The van der Waals surface area contributed by atoms with Crippen molar-refractivity contribution in [3.05, 3.63) is 130 Å². The van der Waals surface area contributed by atoms with Crippen molar-refractivity contribution < 1.29 is 14.4 Å². The number of anilines is 2. The van der Waals surface area contributed by atoms with Gasteiger partial charge in [-0.15, -0.1) is 0 Å². The van der Waals surface area contributed by atoms with Gasteiger partial charge in [0.25, 0.3) is 5.91 Å². The van der Waals surface area contributed by atoms with Crippen LogP contribution in [0.1, 0.15) is 44.7 Å². The highest BCUT2D eigenvalue weighted by molar-refractivity contribution is 6.34. The number of rotatable bonds is 7. The molecule has 0 radical (unpaired) electrons. The summed E-state index contributed by atoms with van der Waals surface area (Å²) < 4.78 is 0. The Balaban J connectivity index is 1.49. The molecule has 0 bridgehead atoms. The monoisotopic (exact) mass is 482 g/mol. The second-order valence-corrected chi connectivity index (χ2v) is 8.45. The van der Waals surface area contributed by atoms with Gasteiger partial charge >= 0.3 is 0 Å². The summed E-state index contributed by atoms with van der Waals surface area (Å²) in [6.07, 6.45) is 0. The molecular weight excluding hydrogens is 460 g/mol. The van der Waals surface area contributed by atoms with Gasteiger partial charge in [0.1, 0.15) is 0 Å². The van der Waals surface area contributed by atoms with Crippen molar-refractivity contribution in [1.29, 1.82) is 0 Å². The molecule has 0 heterocycles. The smallest absolute Gasteiger partial charge is 0.255 e. The second kappa shape index (κ2) is 10.8. The van der Waals surface area contributed by atoms with Crippen molar-refractivity contribution in [2.24, 2.45) is 0 Å². The SMILES string of the molecule is CC(C(=O)Nc1cc(C(=O)Nc2ccccc2)ccc1Cl)c1cccc(C(=O)c2ccccc2)c1. The van der Waals surface area contributed by atoms with Crippen LogP contribution in [0.15, 0.2) is 103 Å². The number of ketones is 1. The number of carbonyl (C=O) groups is 3. The van der Waals surface area contributed by atoms with Crippen LogP contribution < -0.4 is 10.6 Å². The normalized spacial score (nSPS) is 11.4. The van der Waals surface area contributed by atoms with Crippen LogP contribution in [0.5, 0.6) is 0 Å². The Labute approximate surface area is 208 Å². The van der Waals surface area contributed by atoms with Gasteiger partial charge in [-0.1, -0.05) is 78.3 Å². The van der Waals surface area contributed by atoms with E-state index in [1.54, 1.807) is 73.7 Å². The molecule has 2 N–H and O–H groups in total. The second-order valence-electron chi connectivity index (χ2n) is 8.05. The third kappa shape index (κ3) is 5.83. The fraction of sp³-hybridized carbons (Fsp3) is 0.0690. The lowest BCUT2D eigenvalue weighted by Gasteiger charge is -2.15. The molecule has 35 heavy (non-hydrogen) atoms. The Kier molecular flexibility index (Phi) is 7.38. The highest BCUT2D eigenvalue weighted by Crippen LogP contribution is 2.26. The zero-order chi connectivity index (χ0) is 24.8. The summed E-state index contributed by atoms with van der Waals surface area (Å²) in [7, 11) is 0. The van der Waals surface area contributed by atoms with Gasteiger partial charge < -0.3 is 10.6 Å². The minimum absolute atomic E-state index is 0.111. The van der Waals surface area contributed by atoms with E-state index in [0.717, 1.165) is 0 Å². The third-order valence-corrected chi connectivity index (χ3v) is 5.93. The Morgan fingerprint density at radius 3 is 2.06 bits per heavy atom. The standard InChI is InChI=1S/C29H23ClN2O3/c1-19(21-11-8-12-22(17-21)27(33)20-9-4-2-5-10-20)28(34)32-26-18-23(15-16-25(26)30)29(35)31-24-13-6-3-7-14-24/h2-19H,1H3,(H,31,35)(H,32,34). The lowest BCUT2D eigenvalue weighted by Crippen LogP contribution is -2.20. The van der Waals surface area contributed by atoms with E-state index in [9.17, 15) is 14.4 Å². The van der Waals surface area contributed by atoms with Crippen LogP contribution in [0.25, 0.3) is 0 Å². The van der Waals surface area contributed by atoms with Crippen molar-refractivity contribution in [3.8, 4) is 0 Å². The predicted molar refractivity (Wildman–Crippen MR) is 139 cm³/mol. The summed E-state index contributed by atoms with van der Waals surface area (Å²) in [4.78, 5) is 38.5. The fourth-order valence-corrected chi connectivity index (χ4v) is 3.75. The van der Waals surface area contributed by atoms with Gasteiger partial charge in [0.2, 0.25) is 5.91 Å². The average Bonchev–Trinajstić information content (AvgIpc) is 2.90. The minimum atomic E-state index is -0.559. The first-order chi connectivity index (χ1) is 16.9. The molecule has 0 aliphatic rings. The Hall–Kier alpha value is -4.22. The quantitative estimate of drug-likeness (QED) is 0.293. The van der Waals surface area contributed by atoms with E-state index in [-0.39, 0.29) is 17.6 Å². The van der Waals surface area contributed by atoms with Crippen molar-refractivity contribution in [2.45, 2.75) is 12.8 Å². The molecule has 4 aromatic rings. The molecule has 2 amide bonds. The minimum Gasteiger partial charge on any atom is -0.324 e. The Morgan fingerprint density at radius 1 is 0.686 bits per heavy atom. The molecule has 0 aliphatic carbocycles. The molecule has 0 saturated heterocycles. The predicted octanol–water partition coefficient (Wildman–Crippen LogP) is 6.57. The molecule has 4 rings (SSSR count). The maximum absolute atomic E-state index is 13.0. The average molecular weight is 483 g/mol. The number of benzene rings is 4. The first-order valence-electron chi connectivity index (χ1n) is 11.1. The molecule has 0 fully saturated rings. The molecule has 0 spiro atoms. The molecule has 0 aliphatic heterocycles. The van der Waals surface area contributed by atoms with Crippen LogP contribution in [0.2, 0.25) is 5.02 Å². The Morgan fingerprint density at radius 2 is 1.34 bits per heavy atom. The van der Waals surface area contributed by atoms with Gasteiger partial charge in [0, 0.05) is 22.4 Å². The lowest BCUT2D eigenvalue weighted by atomic mass is 9.95. The van der Waals surface area contributed by atoms with Crippen molar-refractivity contribution in [2.75, 3.05) is 10.6 Å². The highest BCUT2D eigenvalue weighted by Gasteiger charge is 2.19. The number of hydrogen-bond donors (Lipinski definition) is 2. The van der Waals surface area contributed by atoms with Gasteiger partial charge in [0.15, 0.2) is 5.78 Å². The van der Waals surface area contributed by atoms with E-state index >= 15 is 0 Å². The van der Waals surface area contributed by atoms with Crippen molar-refractivity contribution >= 4 is 40.6 Å². The summed E-state index contributed by atoms with van der Waals surface area (Å²) >= 11 is 6.30. The first-order valence-corrected chi connectivity index (χ1v) is 11.5. The van der Waals surface area contributed by atoms with Crippen LogP contribution >= 0.6 is 11.6 Å². The summed E-state index contributed by atoms with van der Waals surface area (Å²) in [5, 5.41) is 5.94. The number of amides is 2. The van der Waals surface area contributed by atoms with Gasteiger partial charge in [-0.3, -0.25) is 14.4 Å². The molecule has 1 atom stereocenters. The topological polar surface area (TPSA) is 75.3 Å². The zero-order valence-corrected chi connectivity index (χ0v) is 19.8. The largest absolute Gasteiger partial charge is 0.324 e. The van der Waals surface area contributed by atoms with Crippen LogP contribution in [0, 0.1) is 0 Å². The van der Waals surface area contributed by atoms with Gasteiger partial charge in [-0.2, -0.15) is 0 Å². The molecule has 174 valence electrons. The molecule has 6 heteroatoms. The van der Waals surface area contributed by atoms with Crippen LogP contribution in [0.3, 0.4) is 0 Å². The summed E-state index contributed by atoms with van der Waals surface area (Å²) in [6.45, 7) is 1.75. The zero-order valence-electron chi connectivity index (χ0n) is 19.0.